The summed E-state index contributed by atoms with van der Waals surface area (Å²) in [7, 11) is 0. The number of benzene rings is 1. The Morgan fingerprint density at radius 1 is 0.949 bits per heavy atom. The largest absolute Gasteiger partial charge is 0.480 e. The van der Waals surface area contributed by atoms with Gasteiger partial charge in [-0.1, -0.05) is 52.3 Å². The number of unbranched alkanes of at least 4 members (excludes halogenated alkanes) is 1. The Morgan fingerprint density at radius 3 is 2.23 bits per heavy atom. The van der Waals surface area contributed by atoms with E-state index in [0.29, 0.717) is 32.2 Å². The molecule has 5 unspecified atom stereocenters. The number of hydrogen-bond acceptors (Lipinski definition) is 6. The van der Waals surface area contributed by atoms with Gasteiger partial charge in [0.1, 0.15) is 18.1 Å². The second-order valence-corrected chi connectivity index (χ2v) is 10.5. The third-order valence-electron chi connectivity index (χ3n) is 7.11. The summed E-state index contributed by atoms with van der Waals surface area (Å²) < 4.78 is 0. The molecule has 0 bridgehead atoms. The number of rotatable bonds is 16. The zero-order chi connectivity index (χ0) is 29.1. The standard InChI is InChI=1S/C28H44N6O5/c1-5-17(4)24(34-25(35)21(12-8-9-13-29)32-26(36)23(30)16(2)3)27(37)33-22(28(38)39)14-18-15-31-20-11-7-6-10-19(18)20/h6-7,10-11,15-17,21-24,31H,5,8-9,12-14,29-30H2,1-4H3,(H,32,36)(H,33,37)(H,34,35)(H,38,39). The molecule has 0 aliphatic heterocycles. The first-order chi connectivity index (χ1) is 18.5. The van der Waals surface area contributed by atoms with Gasteiger partial charge in [-0.25, -0.2) is 4.79 Å². The molecule has 2 aromatic rings. The number of carbonyl (C=O) groups excluding carboxylic acids is 3. The van der Waals surface area contributed by atoms with Crippen molar-refractivity contribution in [1.82, 2.24) is 20.9 Å². The number of carboxylic acids is 1. The van der Waals surface area contributed by atoms with E-state index in [4.69, 9.17) is 11.5 Å². The van der Waals surface area contributed by atoms with Crippen LogP contribution in [-0.2, 0) is 25.6 Å². The topological polar surface area (TPSA) is 192 Å². The smallest absolute Gasteiger partial charge is 0.326 e. The molecule has 0 saturated heterocycles. The summed E-state index contributed by atoms with van der Waals surface area (Å²) in [6.07, 6.45) is 3.94. The third-order valence-corrected chi connectivity index (χ3v) is 7.11. The lowest BCUT2D eigenvalue weighted by atomic mass is 9.96. The van der Waals surface area contributed by atoms with Gasteiger partial charge in [-0.15, -0.1) is 0 Å². The molecule has 3 amide bonds. The van der Waals surface area contributed by atoms with Gasteiger partial charge in [0.25, 0.3) is 0 Å². The second-order valence-electron chi connectivity index (χ2n) is 10.5. The summed E-state index contributed by atoms with van der Waals surface area (Å²) >= 11 is 0. The fourth-order valence-corrected chi connectivity index (χ4v) is 4.27. The van der Waals surface area contributed by atoms with Crippen LogP contribution >= 0.6 is 0 Å². The number of aromatic nitrogens is 1. The minimum Gasteiger partial charge on any atom is -0.480 e. The summed E-state index contributed by atoms with van der Waals surface area (Å²) in [5, 5.41) is 18.8. The number of para-hydroxylation sites is 1. The average Bonchev–Trinajstić information content (AvgIpc) is 3.32. The van der Waals surface area contributed by atoms with E-state index < -0.39 is 47.9 Å². The lowest BCUT2D eigenvalue weighted by Gasteiger charge is -2.28. The Balaban J connectivity index is 2.19. The van der Waals surface area contributed by atoms with E-state index in [-0.39, 0.29) is 18.3 Å². The van der Waals surface area contributed by atoms with Gasteiger partial charge in [-0.3, -0.25) is 14.4 Å². The molecule has 1 aromatic carbocycles. The van der Waals surface area contributed by atoms with Crippen LogP contribution in [0.1, 0.15) is 58.9 Å². The molecule has 1 aromatic heterocycles. The highest BCUT2D eigenvalue weighted by molar-refractivity contribution is 5.94. The van der Waals surface area contributed by atoms with Crippen LogP contribution in [0.3, 0.4) is 0 Å². The monoisotopic (exact) mass is 544 g/mol. The molecule has 11 heteroatoms. The van der Waals surface area contributed by atoms with Crippen LogP contribution in [0.25, 0.3) is 10.9 Å². The van der Waals surface area contributed by atoms with Gasteiger partial charge in [0.05, 0.1) is 6.04 Å². The molecule has 0 spiro atoms. The van der Waals surface area contributed by atoms with Gasteiger partial charge in [0.15, 0.2) is 0 Å². The highest BCUT2D eigenvalue weighted by Crippen LogP contribution is 2.19. The fraction of sp³-hybridized carbons (Fsp3) is 0.571. The van der Waals surface area contributed by atoms with E-state index in [1.165, 1.54) is 0 Å². The molecule has 0 fully saturated rings. The number of carbonyl (C=O) groups is 4. The van der Waals surface area contributed by atoms with Crippen LogP contribution in [-0.4, -0.2) is 64.5 Å². The molecule has 0 radical (unpaired) electrons. The summed E-state index contributed by atoms with van der Waals surface area (Å²) in [6, 6.07) is 3.61. The van der Waals surface area contributed by atoms with Gasteiger partial charge in [-0.2, -0.15) is 0 Å². The maximum atomic E-state index is 13.4. The molecule has 0 aliphatic carbocycles. The lowest BCUT2D eigenvalue weighted by molar-refractivity contribution is -0.142. The maximum Gasteiger partial charge on any atom is 0.326 e. The molecule has 0 aliphatic rings. The Kier molecular flexibility index (Phi) is 12.4. The van der Waals surface area contributed by atoms with Crippen LogP contribution in [0.5, 0.6) is 0 Å². The van der Waals surface area contributed by atoms with Crippen molar-refractivity contribution in [1.29, 1.82) is 0 Å². The van der Waals surface area contributed by atoms with Crippen LogP contribution in [0.4, 0.5) is 0 Å². The maximum absolute atomic E-state index is 13.4. The number of aromatic amines is 1. The number of nitrogens with one attached hydrogen (secondary N) is 4. The summed E-state index contributed by atoms with van der Waals surface area (Å²) in [4.78, 5) is 54.5. The first-order valence-corrected chi connectivity index (χ1v) is 13.6. The number of amides is 3. The molecule has 0 saturated carbocycles. The van der Waals surface area contributed by atoms with E-state index in [0.717, 1.165) is 16.5 Å². The van der Waals surface area contributed by atoms with Crippen LogP contribution in [0, 0.1) is 11.8 Å². The van der Waals surface area contributed by atoms with Gasteiger partial charge in [-0.05, 0) is 49.3 Å². The Labute approximate surface area is 229 Å². The van der Waals surface area contributed by atoms with Crippen LogP contribution in [0.2, 0.25) is 0 Å². The van der Waals surface area contributed by atoms with E-state index in [2.05, 4.69) is 20.9 Å². The van der Waals surface area contributed by atoms with Crippen molar-refractivity contribution >= 4 is 34.6 Å². The molecule has 1 heterocycles. The molecule has 2 rings (SSSR count). The second kappa shape index (κ2) is 15.2. The van der Waals surface area contributed by atoms with Crippen molar-refractivity contribution < 1.29 is 24.3 Å². The molecule has 9 N–H and O–H groups in total. The zero-order valence-electron chi connectivity index (χ0n) is 23.3. The molecule has 11 nitrogen and oxygen atoms in total. The molecule has 5 atom stereocenters. The number of nitrogens with two attached hydrogens (primary N) is 2. The Bertz CT molecular complexity index is 1120. The summed E-state index contributed by atoms with van der Waals surface area (Å²) in [5.74, 6) is -3.18. The van der Waals surface area contributed by atoms with Crippen molar-refractivity contribution in [3.63, 3.8) is 0 Å². The molecule has 216 valence electrons. The number of carboxylic acid groups (broad SMARTS) is 1. The first kappa shape index (κ1) is 31.8. The Morgan fingerprint density at radius 2 is 1.62 bits per heavy atom. The van der Waals surface area contributed by atoms with Crippen molar-refractivity contribution in [2.45, 2.75) is 84.0 Å². The summed E-state index contributed by atoms with van der Waals surface area (Å²) in [5.41, 5.74) is 13.2. The molecule has 39 heavy (non-hydrogen) atoms. The van der Waals surface area contributed by atoms with E-state index in [1.807, 2.05) is 45.0 Å². The predicted molar refractivity (Wildman–Crippen MR) is 151 cm³/mol. The number of hydrogen-bond donors (Lipinski definition) is 7. The fourth-order valence-electron chi connectivity index (χ4n) is 4.27. The number of aliphatic carboxylic acids is 1. The van der Waals surface area contributed by atoms with Crippen molar-refractivity contribution in [3.8, 4) is 0 Å². The van der Waals surface area contributed by atoms with Gasteiger partial charge >= 0.3 is 5.97 Å². The highest BCUT2D eigenvalue weighted by Gasteiger charge is 2.33. The molecular formula is C28H44N6O5. The van der Waals surface area contributed by atoms with E-state index in [1.54, 1.807) is 13.1 Å². The minimum atomic E-state index is -1.20. The SMILES string of the molecule is CCC(C)C(NC(=O)C(CCCCN)NC(=O)C(N)C(C)C)C(=O)NC(Cc1c[nH]c2ccccc12)C(=O)O. The van der Waals surface area contributed by atoms with Gasteiger partial charge in [0.2, 0.25) is 17.7 Å². The van der Waals surface area contributed by atoms with Crippen molar-refractivity contribution in [3.05, 3.63) is 36.0 Å². The normalized spacial score (nSPS) is 15.3. The predicted octanol–water partition coefficient (Wildman–Crippen LogP) is 1.41. The van der Waals surface area contributed by atoms with E-state index >= 15 is 0 Å². The number of H-pyrrole nitrogens is 1. The van der Waals surface area contributed by atoms with Crippen molar-refractivity contribution in [2.75, 3.05) is 6.54 Å². The third kappa shape index (κ3) is 9.07. The first-order valence-electron chi connectivity index (χ1n) is 13.6. The van der Waals surface area contributed by atoms with E-state index in [9.17, 15) is 24.3 Å². The zero-order valence-corrected chi connectivity index (χ0v) is 23.3. The molecular weight excluding hydrogens is 500 g/mol. The van der Waals surface area contributed by atoms with Crippen LogP contribution in [0.15, 0.2) is 30.5 Å². The van der Waals surface area contributed by atoms with Gasteiger partial charge in [0, 0.05) is 23.5 Å². The Hall–Kier alpha value is -3.44. The van der Waals surface area contributed by atoms with Gasteiger partial charge < -0.3 is 37.5 Å². The van der Waals surface area contributed by atoms with Crippen LogP contribution < -0.4 is 27.4 Å². The number of fused-ring (bicyclic) bond motifs is 1. The highest BCUT2D eigenvalue weighted by atomic mass is 16.4. The lowest BCUT2D eigenvalue weighted by Crippen LogP contribution is -2.59. The van der Waals surface area contributed by atoms with Crippen molar-refractivity contribution in [2.24, 2.45) is 23.3 Å². The quantitative estimate of drug-likeness (QED) is 0.155. The average molecular weight is 545 g/mol. The minimum absolute atomic E-state index is 0.0666. The summed E-state index contributed by atoms with van der Waals surface area (Å²) in [6.45, 7) is 7.74.